The summed E-state index contributed by atoms with van der Waals surface area (Å²) in [5, 5.41) is 11.0. The van der Waals surface area contributed by atoms with E-state index >= 15 is 0 Å². The van der Waals surface area contributed by atoms with Crippen LogP contribution in [0.15, 0.2) is 95.5 Å². The monoisotopic (exact) mass is 566 g/mol. The molecule has 41 heavy (non-hydrogen) atoms. The number of ether oxygens (including phenoxy) is 3. The van der Waals surface area contributed by atoms with Crippen molar-refractivity contribution < 1.29 is 23.8 Å². The van der Waals surface area contributed by atoms with Gasteiger partial charge in [0, 0.05) is 11.3 Å². The Morgan fingerprint density at radius 2 is 1.73 bits per heavy atom. The lowest BCUT2D eigenvalue weighted by molar-refractivity contribution is -0.139. The molecule has 0 saturated carbocycles. The first-order valence-electron chi connectivity index (χ1n) is 12.7. The lowest BCUT2D eigenvalue weighted by atomic mass is 9.81. The van der Waals surface area contributed by atoms with Gasteiger partial charge in [0.05, 0.1) is 54.2 Å². The maximum absolute atomic E-state index is 13.3. The minimum atomic E-state index is -0.928. The molecule has 206 valence electrons. The van der Waals surface area contributed by atoms with Gasteiger partial charge in [0.2, 0.25) is 0 Å². The smallest absolute Gasteiger partial charge is 0.355 e. The number of hydrogen-bond acceptors (Lipinski definition) is 10. The number of nitrogens with two attached hydrogens (primary N) is 1. The minimum absolute atomic E-state index is 0.00518. The predicted molar refractivity (Wildman–Crippen MR) is 156 cm³/mol. The number of nitriles is 1. The van der Waals surface area contributed by atoms with Crippen LogP contribution in [-0.4, -0.2) is 37.7 Å². The molecule has 2 N–H and O–H groups in total. The summed E-state index contributed by atoms with van der Waals surface area (Å²) in [6.45, 7) is 2.51. The Bertz CT molecular complexity index is 1740. The molecule has 0 amide bonds. The van der Waals surface area contributed by atoms with Crippen molar-refractivity contribution in [2.24, 2.45) is 5.73 Å². The van der Waals surface area contributed by atoms with E-state index in [2.05, 4.69) is 6.07 Å². The maximum atomic E-state index is 13.3. The molecule has 2 heterocycles. The lowest BCUT2D eigenvalue weighted by Crippen LogP contribution is -2.40. The topological polar surface area (TPSA) is 128 Å². The number of aromatic nitrogens is 1. The highest BCUT2D eigenvalue weighted by Gasteiger charge is 2.43. The average molecular weight is 567 g/mol. The summed E-state index contributed by atoms with van der Waals surface area (Å²) in [4.78, 5) is 32.6. The Hall–Kier alpha value is -5.14. The molecule has 1 aliphatic heterocycles. The van der Waals surface area contributed by atoms with Crippen molar-refractivity contribution in [2.45, 2.75) is 12.8 Å². The number of anilines is 1. The highest BCUT2D eigenvalue weighted by Crippen LogP contribution is 2.43. The number of nitrogens with zero attached hydrogens (tertiary/aromatic N) is 3. The standard InChI is InChI=1S/C31H26N4O5S/c1-4-40-21-14-15-23-24(16-21)41-29(34-23)19-10-12-20(13-11-19)35-27(31(37)39-3)26(30(36)38-2)25(22(17-32)28(35)33)18-8-6-5-7-9-18/h5-16,25H,4,33H2,1-3H3. The normalized spacial score (nSPS) is 15.1. The van der Waals surface area contributed by atoms with Crippen LogP contribution < -0.4 is 15.4 Å². The third-order valence-corrected chi connectivity index (χ3v) is 7.72. The molecule has 10 heteroatoms. The summed E-state index contributed by atoms with van der Waals surface area (Å²) < 4.78 is 16.8. The average Bonchev–Trinajstić information content (AvgIpc) is 3.44. The van der Waals surface area contributed by atoms with Crippen LogP contribution in [0.5, 0.6) is 5.75 Å². The van der Waals surface area contributed by atoms with Gasteiger partial charge >= 0.3 is 11.9 Å². The lowest BCUT2D eigenvalue weighted by Gasteiger charge is -2.35. The zero-order valence-electron chi connectivity index (χ0n) is 22.6. The van der Waals surface area contributed by atoms with Gasteiger partial charge in [-0.1, -0.05) is 30.3 Å². The molecule has 5 rings (SSSR count). The van der Waals surface area contributed by atoms with Gasteiger partial charge in [-0.15, -0.1) is 11.3 Å². The number of rotatable bonds is 7. The van der Waals surface area contributed by atoms with Crippen molar-refractivity contribution in [3.05, 3.63) is 101 Å². The molecule has 1 aliphatic rings. The number of benzene rings is 3. The summed E-state index contributed by atoms with van der Waals surface area (Å²) in [5.41, 5.74) is 9.26. The maximum Gasteiger partial charge on any atom is 0.355 e. The Morgan fingerprint density at radius 3 is 2.37 bits per heavy atom. The van der Waals surface area contributed by atoms with Gasteiger partial charge in [0.25, 0.3) is 0 Å². The molecule has 0 aliphatic carbocycles. The quantitative estimate of drug-likeness (QED) is 0.298. The van der Waals surface area contributed by atoms with E-state index in [1.807, 2.05) is 43.3 Å². The Kier molecular flexibility index (Phi) is 7.72. The number of carbonyl (C=O) groups excluding carboxylic acids is 2. The molecule has 3 aromatic carbocycles. The van der Waals surface area contributed by atoms with Crippen LogP contribution in [0.2, 0.25) is 0 Å². The third-order valence-electron chi connectivity index (χ3n) is 6.65. The predicted octanol–water partition coefficient (Wildman–Crippen LogP) is 5.26. The number of fused-ring (bicyclic) bond motifs is 1. The van der Waals surface area contributed by atoms with E-state index in [0.29, 0.717) is 17.9 Å². The van der Waals surface area contributed by atoms with Crippen LogP contribution in [0.4, 0.5) is 5.69 Å². The summed E-state index contributed by atoms with van der Waals surface area (Å²) in [6, 6.07) is 24.0. The zero-order valence-corrected chi connectivity index (χ0v) is 23.4. The summed E-state index contributed by atoms with van der Waals surface area (Å²) >= 11 is 1.52. The second-order valence-electron chi connectivity index (χ2n) is 8.96. The van der Waals surface area contributed by atoms with Gasteiger partial charge in [-0.25, -0.2) is 14.6 Å². The van der Waals surface area contributed by atoms with E-state index < -0.39 is 17.9 Å². The van der Waals surface area contributed by atoms with Crippen LogP contribution in [0.3, 0.4) is 0 Å². The molecule has 0 spiro atoms. The fourth-order valence-electron chi connectivity index (χ4n) is 4.82. The number of allylic oxidation sites excluding steroid dienone is 1. The molecule has 1 unspecified atom stereocenters. The van der Waals surface area contributed by atoms with Crippen LogP contribution in [0.1, 0.15) is 18.4 Å². The van der Waals surface area contributed by atoms with Crippen molar-refractivity contribution in [3.63, 3.8) is 0 Å². The molecular formula is C31H26N4O5S. The van der Waals surface area contributed by atoms with Gasteiger partial charge in [0.15, 0.2) is 0 Å². The SMILES string of the molecule is CCOc1ccc2nc(-c3ccc(N4C(N)=C(C#N)C(c5ccccc5)C(C(=O)OC)=C4C(=O)OC)cc3)sc2c1. The van der Waals surface area contributed by atoms with Gasteiger partial charge in [-0.05, 0) is 55.0 Å². The number of thiazole rings is 1. The van der Waals surface area contributed by atoms with Crippen LogP contribution in [0, 0.1) is 11.3 Å². The third kappa shape index (κ3) is 4.99. The molecule has 0 fully saturated rings. The first-order valence-corrected chi connectivity index (χ1v) is 13.5. The second-order valence-corrected chi connectivity index (χ2v) is 9.99. The van der Waals surface area contributed by atoms with Gasteiger partial charge < -0.3 is 19.9 Å². The van der Waals surface area contributed by atoms with E-state index in [4.69, 9.17) is 24.9 Å². The number of methoxy groups -OCH3 is 2. The highest BCUT2D eigenvalue weighted by molar-refractivity contribution is 7.21. The van der Waals surface area contributed by atoms with Crippen LogP contribution >= 0.6 is 11.3 Å². The molecule has 1 atom stereocenters. The van der Waals surface area contributed by atoms with E-state index in [1.165, 1.54) is 30.5 Å². The second kappa shape index (κ2) is 11.5. The zero-order chi connectivity index (χ0) is 29.1. The van der Waals surface area contributed by atoms with E-state index in [9.17, 15) is 14.9 Å². The Morgan fingerprint density at radius 1 is 1.02 bits per heavy atom. The largest absolute Gasteiger partial charge is 0.494 e. The van der Waals surface area contributed by atoms with Crippen molar-refractivity contribution >= 4 is 39.2 Å². The molecule has 0 bridgehead atoms. The van der Waals surface area contributed by atoms with Crippen molar-refractivity contribution in [1.29, 1.82) is 5.26 Å². The summed E-state index contributed by atoms with van der Waals surface area (Å²) in [7, 11) is 2.43. The van der Waals surface area contributed by atoms with Crippen molar-refractivity contribution in [2.75, 3.05) is 25.7 Å². The molecule has 1 aromatic heterocycles. The first kappa shape index (κ1) is 27.4. The highest BCUT2D eigenvalue weighted by atomic mass is 32.1. The molecular weight excluding hydrogens is 540 g/mol. The summed E-state index contributed by atoms with van der Waals surface area (Å²) in [6.07, 6.45) is 0. The number of esters is 2. The Labute approximate surface area is 240 Å². The molecule has 0 radical (unpaired) electrons. The van der Waals surface area contributed by atoms with Gasteiger partial charge in [-0.2, -0.15) is 5.26 Å². The Balaban J connectivity index is 1.63. The number of carbonyl (C=O) groups is 2. The minimum Gasteiger partial charge on any atom is -0.494 e. The molecule has 4 aromatic rings. The van der Waals surface area contributed by atoms with Gasteiger partial charge in [-0.3, -0.25) is 4.90 Å². The van der Waals surface area contributed by atoms with Crippen molar-refractivity contribution in [3.8, 4) is 22.4 Å². The first-order chi connectivity index (χ1) is 19.9. The van der Waals surface area contributed by atoms with Gasteiger partial charge in [0.1, 0.15) is 22.3 Å². The van der Waals surface area contributed by atoms with E-state index in [1.54, 1.807) is 36.4 Å². The summed E-state index contributed by atoms with van der Waals surface area (Å²) in [5.74, 6) is -1.72. The van der Waals surface area contributed by atoms with Crippen LogP contribution in [0.25, 0.3) is 20.8 Å². The van der Waals surface area contributed by atoms with E-state index in [0.717, 1.165) is 26.5 Å². The molecule has 9 nitrogen and oxygen atoms in total. The fourth-order valence-corrected chi connectivity index (χ4v) is 5.82. The molecule has 0 saturated heterocycles. The number of hydrogen-bond donors (Lipinski definition) is 1. The van der Waals surface area contributed by atoms with E-state index in [-0.39, 0.29) is 22.7 Å². The van der Waals surface area contributed by atoms with Crippen molar-refractivity contribution in [1.82, 2.24) is 4.98 Å². The van der Waals surface area contributed by atoms with Crippen LogP contribution in [-0.2, 0) is 19.1 Å². The fraction of sp³-hybridized carbons (Fsp3) is 0.161.